The molecule has 0 aliphatic heterocycles. The third-order valence-corrected chi connectivity index (χ3v) is 1.30. The fourth-order valence-electron chi connectivity index (χ4n) is 0.653. The first-order chi connectivity index (χ1) is 6.45. The Morgan fingerprint density at radius 3 is 2.00 bits per heavy atom. The first-order valence-corrected chi connectivity index (χ1v) is 4.12. The SMILES string of the molecule is C=C(C(=O)OC(C)(C)C)C(O)C(F)(F)F. The number of aliphatic hydroxyl groups is 1. The molecule has 6 heteroatoms. The predicted molar refractivity (Wildman–Crippen MR) is 47.0 cm³/mol. The second kappa shape index (κ2) is 4.22. The third-order valence-electron chi connectivity index (χ3n) is 1.30. The maximum atomic E-state index is 12.0. The van der Waals surface area contributed by atoms with Gasteiger partial charge in [0.25, 0.3) is 0 Å². The molecule has 0 saturated heterocycles. The molecule has 0 aromatic rings. The Bertz CT molecular complexity index is 263. The van der Waals surface area contributed by atoms with Crippen LogP contribution >= 0.6 is 0 Å². The summed E-state index contributed by atoms with van der Waals surface area (Å²) in [5.74, 6) is -1.26. The maximum absolute atomic E-state index is 12.0. The van der Waals surface area contributed by atoms with Gasteiger partial charge in [-0.1, -0.05) is 6.58 Å². The zero-order valence-electron chi connectivity index (χ0n) is 8.68. The van der Waals surface area contributed by atoms with E-state index >= 15 is 0 Å². The summed E-state index contributed by atoms with van der Waals surface area (Å²) in [6, 6.07) is 0. The van der Waals surface area contributed by atoms with E-state index in [1.807, 2.05) is 0 Å². The van der Waals surface area contributed by atoms with E-state index in [2.05, 4.69) is 11.3 Å². The highest BCUT2D eigenvalue weighted by atomic mass is 19.4. The molecule has 0 heterocycles. The van der Waals surface area contributed by atoms with Crippen LogP contribution in [0.3, 0.4) is 0 Å². The van der Waals surface area contributed by atoms with Crippen molar-refractivity contribution in [1.82, 2.24) is 0 Å². The van der Waals surface area contributed by atoms with Crippen LogP contribution in [-0.2, 0) is 9.53 Å². The summed E-state index contributed by atoms with van der Waals surface area (Å²) in [7, 11) is 0. The number of hydrogen-bond donors (Lipinski definition) is 1. The van der Waals surface area contributed by atoms with Crippen molar-refractivity contribution in [3.05, 3.63) is 12.2 Å². The van der Waals surface area contributed by atoms with Crippen LogP contribution < -0.4 is 0 Å². The minimum absolute atomic E-state index is 0.925. The first kappa shape index (κ1) is 14.0. The number of carbonyl (C=O) groups is 1. The van der Waals surface area contributed by atoms with Crippen LogP contribution in [0.5, 0.6) is 0 Å². The molecule has 1 N–H and O–H groups in total. The van der Waals surface area contributed by atoms with Crippen molar-refractivity contribution in [2.75, 3.05) is 0 Å². The van der Waals surface area contributed by atoms with Crippen molar-refractivity contribution in [2.45, 2.75) is 38.7 Å². The van der Waals surface area contributed by atoms with Gasteiger partial charge in [0.1, 0.15) is 5.60 Å². The topological polar surface area (TPSA) is 46.5 Å². The van der Waals surface area contributed by atoms with Crippen LogP contribution in [0.15, 0.2) is 12.2 Å². The lowest BCUT2D eigenvalue weighted by Gasteiger charge is -2.22. The van der Waals surface area contributed by atoms with Gasteiger partial charge >= 0.3 is 12.1 Å². The average molecular weight is 226 g/mol. The largest absolute Gasteiger partial charge is 0.457 e. The van der Waals surface area contributed by atoms with E-state index in [-0.39, 0.29) is 0 Å². The summed E-state index contributed by atoms with van der Waals surface area (Å²) in [5.41, 5.74) is -1.94. The molecule has 0 rings (SSSR count). The minimum atomic E-state index is -4.91. The van der Waals surface area contributed by atoms with Gasteiger partial charge in [0.2, 0.25) is 0 Å². The molecule has 0 spiro atoms. The Hall–Kier alpha value is -1.04. The molecule has 0 bridgehead atoms. The predicted octanol–water partition coefficient (Wildman–Crippen LogP) is 1.81. The first-order valence-electron chi connectivity index (χ1n) is 4.12. The number of aliphatic hydroxyl groups excluding tert-OH is 1. The Morgan fingerprint density at radius 2 is 1.73 bits per heavy atom. The normalized spacial score (nSPS) is 14.6. The van der Waals surface area contributed by atoms with Crippen LogP contribution in [0.1, 0.15) is 20.8 Å². The van der Waals surface area contributed by atoms with Crippen LogP contribution in [0, 0.1) is 0 Å². The zero-order valence-corrected chi connectivity index (χ0v) is 8.68. The van der Waals surface area contributed by atoms with Gasteiger partial charge in [0, 0.05) is 0 Å². The molecule has 1 atom stereocenters. The van der Waals surface area contributed by atoms with E-state index in [1.165, 1.54) is 20.8 Å². The van der Waals surface area contributed by atoms with Gasteiger partial charge in [0.05, 0.1) is 5.57 Å². The van der Waals surface area contributed by atoms with E-state index < -0.39 is 29.4 Å². The summed E-state index contributed by atoms with van der Waals surface area (Å²) in [6.45, 7) is 7.36. The van der Waals surface area contributed by atoms with Gasteiger partial charge in [-0.25, -0.2) is 4.79 Å². The van der Waals surface area contributed by atoms with E-state index in [0.29, 0.717) is 0 Å². The molecule has 1 unspecified atom stereocenters. The molecule has 0 amide bonds. The standard InChI is InChI=1S/C9H13F3O3/c1-5(6(13)9(10,11)12)7(14)15-8(2,3)4/h6,13H,1H2,2-4H3. The second-order valence-corrected chi connectivity index (χ2v) is 3.97. The van der Waals surface area contributed by atoms with Crippen molar-refractivity contribution < 1.29 is 27.8 Å². The van der Waals surface area contributed by atoms with E-state index in [0.717, 1.165) is 0 Å². The maximum Gasteiger partial charge on any atom is 0.418 e. The summed E-state index contributed by atoms with van der Waals surface area (Å²) < 4.78 is 40.5. The van der Waals surface area contributed by atoms with Gasteiger partial charge in [-0.3, -0.25) is 0 Å². The average Bonchev–Trinajstić information content (AvgIpc) is 1.96. The number of alkyl halides is 3. The molecule has 88 valence electrons. The molecular formula is C9H13F3O3. The molecule has 0 saturated carbocycles. The van der Waals surface area contributed by atoms with Gasteiger partial charge < -0.3 is 9.84 Å². The quantitative estimate of drug-likeness (QED) is 0.577. The van der Waals surface area contributed by atoms with Gasteiger partial charge in [-0.2, -0.15) is 13.2 Å². The molecule has 3 nitrogen and oxygen atoms in total. The second-order valence-electron chi connectivity index (χ2n) is 3.97. The highest BCUT2D eigenvalue weighted by molar-refractivity contribution is 5.89. The third kappa shape index (κ3) is 4.83. The van der Waals surface area contributed by atoms with E-state index in [9.17, 15) is 18.0 Å². The minimum Gasteiger partial charge on any atom is -0.457 e. The van der Waals surface area contributed by atoms with Crippen molar-refractivity contribution in [3.8, 4) is 0 Å². The van der Waals surface area contributed by atoms with Crippen molar-refractivity contribution >= 4 is 5.97 Å². The number of carbonyl (C=O) groups excluding carboxylic acids is 1. The highest BCUT2D eigenvalue weighted by Crippen LogP contribution is 2.25. The van der Waals surface area contributed by atoms with Gasteiger partial charge in [0.15, 0.2) is 6.10 Å². The van der Waals surface area contributed by atoms with Gasteiger partial charge in [-0.05, 0) is 20.8 Å². The molecule has 0 fully saturated rings. The molecule has 15 heavy (non-hydrogen) atoms. The van der Waals surface area contributed by atoms with Crippen molar-refractivity contribution in [1.29, 1.82) is 0 Å². The van der Waals surface area contributed by atoms with Crippen LogP contribution in [0.4, 0.5) is 13.2 Å². The summed E-state index contributed by atoms with van der Waals surface area (Å²) >= 11 is 0. The monoisotopic (exact) mass is 226 g/mol. The molecule has 0 aromatic heterocycles. The molecular weight excluding hydrogens is 213 g/mol. The Balaban J connectivity index is 4.54. The molecule has 0 aliphatic rings. The number of hydrogen-bond acceptors (Lipinski definition) is 3. The Labute approximate surface area is 85.5 Å². The van der Waals surface area contributed by atoms with E-state index in [1.54, 1.807) is 0 Å². The van der Waals surface area contributed by atoms with Crippen molar-refractivity contribution in [2.24, 2.45) is 0 Å². The van der Waals surface area contributed by atoms with Crippen LogP contribution in [0.25, 0.3) is 0 Å². The summed E-state index contributed by atoms with van der Waals surface area (Å²) in [4.78, 5) is 11.1. The highest BCUT2D eigenvalue weighted by Gasteiger charge is 2.43. The molecule has 0 aliphatic carbocycles. The summed E-state index contributed by atoms with van der Waals surface area (Å²) in [5, 5.41) is 8.70. The number of ether oxygens (including phenoxy) is 1. The fourth-order valence-corrected chi connectivity index (χ4v) is 0.653. The molecule has 0 aromatic carbocycles. The summed E-state index contributed by atoms with van der Waals surface area (Å²) in [6.07, 6.45) is -7.79. The number of halogens is 3. The van der Waals surface area contributed by atoms with Crippen LogP contribution in [0.2, 0.25) is 0 Å². The van der Waals surface area contributed by atoms with Gasteiger partial charge in [-0.15, -0.1) is 0 Å². The molecule has 0 radical (unpaired) electrons. The lowest BCUT2D eigenvalue weighted by molar-refractivity contribution is -0.196. The van der Waals surface area contributed by atoms with Crippen LogP contribution in [-0.4, -0.2) is 29.0 Å². The lowest BCUT2D eigenvalue weighted by Crippen LogP contribution is -2.36. The Kier molecular flexibility index (Phi) is 3.93. The number of esters is 1. The van der Waals surface area contributed by atoms with Crippen molar-refractivity contribution in [3.63, 3.8) is 0 Å². The Morgan fingerprint density at radius 1 is 1.33 bits per heavy atom. The van der Waals surface area contributed by atoms with E-state index in [4.69, 9.17) is 5.11 Å². The number of rotatable bonds is 2. The lowest BCUT2D eigenvalue weighted by atomic mass is 10.1. The fraction of sp³-hybridized carbons (Fsp3) is 0.667. The zero-order chi connectivity index (χ0) is 12.4. The smallest absolute Gasteiger partial charge is 0.418 e.